The molecular formula is C15H23N5O2S. The van der Waals surface area contributed by atoms with Crippen molar-refractivity contribution in [1.82, 2.24) is 24.0 Å². The Morgan fingerprint density at radius 1 is 1.22 bits per heavy atom. The lowest BCUT2D eigenvalue weighted by Crippen LogP contribution is -2.35. The van der Waals surface area contributed by atoms with Crippen molar-refractivity contribution in [2.45, 2.75) is 25.2 Å². The Labute approximate surface area is 136 Å². The minimum absolute atomic E-state index is 0.256. The summed E-state index contributed by atoms with van der Waals surface area (Å²) >= 11 is 0. The fourth-order valence-electron chi connectivity index (χ4n) is 3.08. The van der Waals surface area contributed by atoms with E-state index >= 15 is 0 Å². The van der Waals surface area contributed by atoms with Gasteiger partial charge >= 0.3 is 0 Å². The van der Waals surface area contributed by atoms with E-state index in [0.29, 0.717) is 18.7 Å². The molecule has 0 bridgehead atoms. The van der Waals surface area contributed by atoms with Crippen molar-refractivity contribution in [1.29, 1.82) is 0 Å². The molecule has 1 saturated heterocycles. The number of hydrogen-bond donors (Lipinski definition) is 0. The highest BCUT2D eigenvalue weighted by Crippen LogP contribution is 2.22. The molecule has 126 valence electrons. The molecule has 8 heteroatoms. The SMILES string of the molecule is CCN1CCCN(S(=O)(=O)c2cnc3c(c2)c(C)nn3C)CC1. The van der Waals surface area contributed by atoms with Crippen LogP contribution in [0.2, 0.25) is 0 Å². The number of aromatic nitrogens is 3. The second-order valence-corrected chi connectivity index (χ2v) is 7.88. The third-order valence-corrected chi connectivity index (χ3v) is 6.33. The molecule has 0 amide bonds. The molecule has 1 aliphatic rings. The van der Waals surface area contributed by atoms with Crippen molar-refractivity contribution >= 4 is 21.1 Å². The van der Waals surface area contributed by atoms with E-state index in [0.717, 1.165) is 37.1 Å². The summed E-state index contributed by atoms with van der Waals surface area (Å²) in [5.41, 5.74) is 1.49. The number of pyridine rings is 1. The molecule has 0 spiro atoms. The first-order chi connectivity index (χ1) is 10.9. The van der Waals surface area contributed by atoms with Crippen molar-refractivity contribution in [3.05, 3.63) is 18.0 Å². The highest BCUT2D eigenvalue weighted by atomic mass is 32.2. The van der Waals surface area contributed by atoms with E-state index in [1.807, 2.05) is 14.0 Å². The second-order valence-electron chi connectivity index (χ2n) is 5.94. The summed E-state index contributed by atoms with van der Waals surface area (Å²) < 4.78 is 29.1. The highest BCUT2D eigenvalue weighted by Gasteiger charge is 2.27. The summed E-state index contributed by atoms with van der Waals surface area (Å²) in [6.07, 6.45) is 2.30. The molecule has 0 unspecified atom stereocenters. The molecule has 3 rings (SSSR count). The van der Waals surface area contributed by atoms with Crippen LogP contribution in [0.4, 0.5) is 0 Å². The molecule has 3 heterocycles. The van der Waals surface area contributed by atoms with Gasteiger partial charge in [0.15, 0.2) is 5.65 Å². The van der Waals surface area contributed by atoms with Crippen LogP contribution in [-0.2, 0) is 17.1 Å². The van der Waals surface area contributed by atoms with Gasteiger partial charge in [-0.3, -0.25) is 4.68 Å². The quantitative estimate of drug-likeness (QED) is 0.835. The molecule has 0 aromatic carbocycles. The van der Waals surface area contributed by atoms with Crippen molar-refractivity contribution < 1.29 is 8.42 Å². The predicted molar refractivity (Wildman–Crippen MR) is 88.7 cm³/mol. The molecule has 0 N–H and O–H groups in total. The van der Waals surface area contributed by atoms with Crippen LogP contribution in [0.25, 0.3) is 11.0 Å². The van der Waals surface area contributed by atoms with Crippen molar-refractivity contribution in [2.24, 2.45) is 7.05 Å². The minimum Gasteiger partial charge on any atom is -0.302 e. The fraction of sp³-hybridized carbons (Fsp3) is 0.600. The molecule has 0 radical (unpaired) electrons. The zero-order chi connectivity index (χ0) is 16.6. The Morgan fingerprint density at radius 3 is 2.74 bits per heavy atom. The number of rotatable bonds is 3. The molecular weight excluding hydrogens is 314 g/mol. The van der Waals surface area contributed by atoms with Crippen molar-refractivity contribution in [3.8, 4) is 0 Å². The van der Waals surface area contributed by atoms with E-state index in [-0.39, 0.29) is 4.90 Å². The maximum atomic E-state index is 12.9. The van der Waals surface area contributed by atoms with Gasteiger partial charge in [-0.2, -0.15) is 9.40 Å². The van der Waals surface area contributed by atoms with Gasteiger partial charge in [-0.1, -0.05) is 6.92 Å². The van der Waals surface area contributed by atoms with Gasteiger partial charge in [0.2, 0.25) is 10.0 Å². The van der Waals surface area contributed by atoms with E-state index < -0.39 is 10.0 Å². The average molecular weight is 337 g/mol. The van der Waals surface area contributed by atoms with Crippen LogP contribution in [0.5, 0.6) is 0 Å². The molecule has 0 saturated carbocycles. The van der Waals surface area contributed by atoms with Gasteiger partial charge in [0.05, 0.1) is 5.69 Å². The highest BCUT2D eigenvalue weighted by molar-refractivity contribution is 7.89. The molecule has 2 aromatic rings. The summed E-state index contributed by atoms with van der Waals surface area (Å²) in [6, 6.07) is 1.70. The monoisotopic (exact) mass is 337 g/mol. The Balaban J connectivity index is 1.94. The van der Waals surface area contributed by atoms with E-state index in [1.54, 1.807) is 15.1 Å². The largest absolute Gasteiger partial charge is 0.302 e. The van der Waals surface area contributed by atoms with Crippen LogP contribution >= 0.6 is 0 Å². The van der Waals surface area contributed by atoms with Crippen molar-refractivity contribution in [2.75, 3.05) is 32.7 Å². The maximum absolute atomic E-state index is 12.9. The lowest BCUT2D eigenvalue weighted by atomic mass is 10.3. The summed E-state index contributed by atoms with van der Waals surface area (Å²) in [4.78, 5) is 6.84. The first-order valence-electron chi connectivity index (χ1n) is 7.95. The van der Waals surface area contributed by atoms with Crippen molar-refractivity contribution in [3.63, 3.8) is 0 Å². The fourth-order valence-corrected chi connectivity index (χ4v) is 4.52. The lowest BCUT2D eigenvalue weighted by molar-refractivity contribution is 0.302. The number of likely N-dealkylation sites (N-methyl/N-ethyl adjacent to an activating group) is 1. The van der Waals surface area contributed by atoms with Gasteiger partial charge < -0.3 is 4.90 Å². The molecule has 23 heavy (non-hydrogen) atoms. The van der Waals surface area contributed by atoms with Gasteiger partial charge in [0.25, 0.3) is 0 Å². The van der Waals surface area contributed by atoms with Crippen LogP contribution in [0.3, 0.4) is 0 Å². The average Bonchev–Trinajstić information content (AvgIpc) is 2.72. The third-order valence-electron chi connectivity index (χ3n) is 4.47. The molecule has 1 fully saturated rings. The van der Waals surface area contributed by atoms with Crippen LogP contribution in [0.15, 0.2) is 17.2 Å². The zero-order valence-corrected chi connectivity index (χ0v) is 14.7. The van der Waals surface area contributed by atoms with Crippen LogP contribution < -0.4 is 0 Å². The van der Waals surface area contributed by atoms with E-state index in [2.05, 4.69) is 21.9 Å². The number of nitrogens with zero attached hydrogens (tertiary/aromatic N) is 5. The Hall–Kier alpha value is -1.51. The van der Waals surface area contributed by atoms with Crippen LogP contribution in [0.1, 0.15) is 19.0 Å². The Bertz CT molecular complexity index is 815. The zero-order valence-electron chi connectivity index (χ0n) is 13.9. The van der Waals surface area contributed by atoms with E-state index in [9.17, 15) is 8.42 Å². The first kappa shape index (κ1) is 16.4. The molecule has 1 aliphatic heterocycles. The Morgan fingerprint density at radius 2 is 2.00 bits per heavy atom. The topological polar surface area (TPSA) is 71.3 Å². The normalized spacial score (nSPS) is 18.4. The summed E-state index contributed by atoms with van der Waals surface area (Å²) in [7, 11) is -1.70. The van der Waals surface area contributed by atoms with Gasteiger partial charge in [0, 0.05) is 38.3 Å². The predicted octanol–water partition coefficient (Wildman–Crippen LogP) is 0.993. The van der Waals surface area contributed by atoms with Gasteiger partial charge in [-0.25, -0.2) is 13.4 Å². The molecule has 2 aromatic heterocycles. The smallest absolute Gasteiger partial charge is 0.244 e. The Kier molecular flexibility index (Phi) is 4.39. The van der Waals surface area contributed by atoms with Gasteiger partial charge in [-0.05, 0) is 32.5 Å². The molecule has 0 aliphatic carbocycles. The molecule has 0 atom stereocenters. The van der Waals surface area contributed by atoms with Crippen LogP contribution in [0, 0.1) is 6.92 Å². The number of hydrogen-bond acceptors (Lipinski definition) is 5. The van der Waals surface area contributed by atoms with Gasteiger partial charge in [0.1, 0.15) is 4.90 Å². The molecule has 7 nitrogen and oxygen atoms in total. The summed E-state index contributed by atoms with van der Waals surface area (Å²) in [5, 5.41) is 5.09. The lowest BCUT2D eigenvalue weighted by Gasteiger charge is -2.20. The summed E-state index contributed by atoms with van der Waals surface area (Å²) in [6.45, 7) is 7.73. The van der Waals surface area contributed by atoms with Crippen LogP contribution in [-0.4, -0.2) is 65.1 Å². The minimum atomic E-state index is -3.51. The van der Waals surface area contributed by atoms with E-state index in [1.165, 1.54) is 6.20 Å². The maximum Gasteiger partial charge on any atom is 0.244 e. The first-order valence-corrected chi connectivity index (χ1v) is 9.39. The summed E-state index contributed by atoms with van der Waals surface area (Å²) in [5.74, 6) is 0. The second kappa shape index (κ2) is 6.18. The standard InChI is InChI=1S/C15H23N5O2S/c1-4-19-6-5-7-20(9-8-19)23(21,22)13-10-14-12(2)17-18(3)15(14)16-11-13/h10-11H,4-9H2,1-3H3. The van der Waals surface area contributed by atoms with Gasteiger partial charge in [-0.15, -0.1) is 0 Å². The third kappa shape index (κ3) is 2.98. The van der Waals surface area contributed by atoms with E-state index in [4.69, 9.17) is 0 Å². The number of fused-ring (bicyclic) bond motifs is 1. The number of sulfonamides is 1. The number of aryl methyl sites for hydroxylation is 2.